The van der Waals surface area contributed by atoms with Crippen LogP contribution in [0.5, 0.6) is 0 Å². The molecule has 15 heavy (non-hydrogen) atoms. The fourth-order valence-corrected chi connectivity index (χ4v) is 1.98. The lowest BCUT2D eigenvalue weighted by atomic mass is 10.3. The van der Waals surface area contributed by atoms with Crippen LogP contribution in [0.1, 0.15) is 18.8 Å². The lowest BCUT2D eigenvalue weighted by Gasteiger charge is -2.11. The van der Waals surface area contributed by atoms with Crippen LogP contribution in [0.2, 0.25) is 0 Å². The number of nitrogens with one attached hydrogen (secondary N) is 1. The minimum Gasteiger partial charge on any atom is -0.383 e. The molecule has 0 saturated carbocycles. The van der Waals surface area contributed by atoms with Crippen molar-refractivity contribution in [3.63, 3.8) is 0 Å². The summed E-state index contributed by atoms with van der Waals surface area (Å²) in [5, 5.41) is 12.0. The van der Waals surface area contributed by atoms with Crippen LogP contribution < -0.4 is 11.1 Å². The van der Waals surface area contributed by atoms with Crippen molar-refractivity contribution in [1.82, 2.24) is 19.1 Å². The van der Waals surface area contributed by atoms with Gasteiger partial charge in [0.2, 0.25) is 0 Å². The first-order valence-corrected chi connectivity index (χ1v) is 5.27. The average Bonchev–Trinajstić information content (AvgIpc) is 2.75. The fourth-order valence-electron chi connectivity index (χ4n) is 1.32. The summed E-state index contributed by atoms with van der Waals surface area (Å²) in [6.45, 7) is 2.01. The van der Waals surface area contributed by atoms with Crippen molar-refractivity contribution in [2.45, 2.75) is 13.0 Å². The van der Waals surface area contributed by atoms with Crippen molar-refractivity contribution in [2.24, 2.45) is 7.05 Å². The first-order valence-electron chi connectivity index (χ1n) is 4.49. The van der Waals surface area contributed by atoms with Gasteiger partial charge >= 0.3 is 0 Å². The van der Waals surface area contributed by atoms with E-state index in [1.807, 2.05) is 18.5 Å². The van der Waals surface area contributed by atoms with Gasteiger partial charge in [0.05, 0.1) is 6.04 Å². The number of hydrogen-bond acceptors (Lipinski definition) is 6. The lowest BCUT2D eigenvalue weighted by molar-refractivity contribution is 0.721. The zero-order valence-electron chi connectivity index (χ0n) is 8.51. The van der Waals surface area contributed by atoms with Gasteiger partial charge in [0.15, 0.2) is 5.82 Å². The van der Waals surface area contributed by atoms with Gasteiger partial charge in [-0.05, 0) is 18.5 Å². The Kier molecular flexibility index (Phi) is 2.55. The van der Waals surface area contributed by atoms with E-state index in [-0.39, 0.29) is 6.04 Å². The van der Waals surface area contributed by atoms with Crippen LogP contribution in [-0.2, 0) is 7.05 Å². The molecule has 2 rings (SSSR count). The van der Waals surface area contributed by atoms with E-state index < -0.39 is 0 Å². The number of rotatable bonds is 3. The van der Waals surface area contributed by atoms with Gasteiger partial charge in [0.25, 0.3) is 0 Å². The molecule has 0 spiro atoms. The molecule has 0 aliphatic rings. The van der Waals surface area contributed by atoms with Crippen molar-refractivity contribution in [1.29, 1.82) is 0 Å². The lowest BCUT2D eigenvalue weighted by Crippen LogP contribution is -2.11. The summed E-state index contributed by atoms with van der Waals surface area (Å²) >= 11 is 1.34. The Hall–Kier alpha value is -1.63. The summed E-state index contributed by atoms with van der Waals surface area (Å²) in [6.07, 6.45) is 1.68. The molecular weight excluding hydrogens is 212 g/mol. The second-order valence-electron chi connectivity index (χ2n) is 3.28. The highest BCUT2D eigenvalue weighted by atomic mass is 32.1. The molecule has 0 amide bonds. The van der Waals surface area contributed by atoms with Crippen LogP contribution in [0.4, 0.5) is 10.8 Å². The molecule has 3 N–H and O–H groups in total. The predicted molar refractivity (Wildman–Crippen MR) is 59.6 cm³/mol. The summed E-state index contributed by atoms with van der Waals surface area (Å²) in [7, 11) is 1.91. The van der Waals surface area contributed by atoms with Crippen LogP contribution in [0.15, 0.2) is 12.4 Å². The van der Waals surface area contributed by atoms with Gasteiger partial charge < -0.3 is 15.6 Å². The minimum absolute atomic E-state index is 0.0809. The molecule has 2 aromatic heterocycles. The number of nitrogens with zero attached hydrogens (tertiary/aromatic N) is 4. The average molecular weight is 224 g/mol. The van der Waals surface area contributed by atoms with E-state index in [0.717, 1.165) is 10.8 Å². The molecule has 0 radical (unpaired) electrons. The van der Waals surface area contributed by atoms with Gasteiger partial charge in [-0.1, -0.05) is 0 Å². The smallest absolute Gasteiger partial charge is 0.154 e. The maximum Gasteiger partial charge on any atom is 0.154 e. The van der Waals surface area contributed by atoms with Crippen LogP contribution in [0, 0.1) is 0 Å². The van der Waals surface area contributed by atoms with Crippen LogP contribution in [0.3, 0.4) is 0 Å². The normalized spacial score (nSPS) is 12.7. The number of nitrogen functional groups attached to an aromatic ring is 1. The van der Waals surface area contributed by atoms with Crippen molar-refractivity contribution < 1.29 is 0 Å². The Morgan fingerprint density at radius 1 is 1.60 bits per heavy atom. The largest absolute Gasteiger partial charge is 0.383 e. The van der Waals surface area contributed by atoms with E-state index in [4.69, 9.17) is 5.73 Å². The van der Waals surface area contributed by atoms with Gasteiger partial charge in [-0.3, -0.25) is 0 Å². The highest BCUT2D eigenvalue weighted by Gasteiger charge is 2.11. The minimum atomic E-state index is 0.0809. The first-order chi connectivity index (χ1) is 7.16. The zero-order chi connectivity index (χ0) is 10.8. The molecular formula is C8H12N6S. The summed E-state index contributed by atoms with van der Waals surface area (Å²) < 4.78 is 5.86. The molecule has 6 nitrogen and oxygen atoms in total. The predicted octanol–water partition coefficient (Wildman–Crippen LogP) is 1.03. The van der Waals surface area contributed by atoms with Crippen LogP contribution in [0.25, 0.3) is 0 Å². The van der Waals surface area contributed by atoms with E-state index in [1.165, 1.54) is 11.5 Å². The molecule has 80 valence electrons. The molecule has 2 heterocycles. The summed E-state index contributed by atoms with van der Waals surface area (Å²) in [6, 6.07) is 1.88. The van der Waals surface area contributed by atoms with Gasteiger partial charge in [0, 0.05) is 13.1 Å². The Morgan fingerprint density at radius 2 is 2.40 bits per heavy atom. The topological polar surface area (TPSA) is 81.7 Å². The molecule has 0 aromatic carbocycles. The molecule has 7 heteroatoms. The number of anilines is 2. The van der Waals surface area contributed by atoms with Crippen molar-refractivity contribution in [2.75, 3.05) is 11.1 Å². The van der Waals surface area contributed by atoms with E-state index in [9.17, 15) is 0 Å². The van der Waals surface area contributed by atoms with Gasteiger partial charge in [-0.2, -0.15) is 4.37 Å². The Balaban J connectivity index is 2.10. The monoisotopic (exact) mass is 224 g/mol. The van der Waals surface area contributed by atoms with E-state index >= 15 is 0 Å². The summed E-state index contributed by atoms with van der Waals surface area (Å²) in [5.74, 6) is 1.41. The Morgan fingerprint density at radius 3 is 2.93 bits per heavy atom. The molecule has 1 atom stereocenters. The fraction of sp³-hybridized carbons (Fsp3) is 0.375. The molecule has 0 fully saturated rings. The Bertz CT molecular complexity index is 447. The molecule has 0 bridgehead atoms. The van der Waals surface area contributed by atoms with Crippen LogP contribution in [-0.4, -0.2) is 19.1 Å². The molecule has 2 aromatic rings. The molecule has 0 aliphatic carbocycles. The third-order valence-corrected chi connectivity index (χ3v) is 2.76. The van der Waals surface area contributed by atoms with Gasteiger partial charge in [-0.25, -0.2) is 0 Å². The van der Waals surface area contributed by atoms with Crippen molar-refractivity contribution >= 4 is 22.4 Å². The third kappa shape index (κ3) is 2.07. The standard InChI is InChI=1S/C8H12N6S/c1-5(8-12-10-4-14(8)2)11-7-3-6(9)13-15-7/h3-5,11H,1-2H3,(H2,9,13). The second-order valence-corrected chi connectivity index (χ2v) is 4.09. The van der Waals surface area contributed by atoms with E-state index in [2.05, 4.69) is 19.9 Å². The molecule has 0 aliphatic heterocycles. The summed E-state index contributed by atoms with van der Waals surface area (Å²) in [4.78, 5) is 0. The van der Waals surface area contributed by atoms with Crippen molar-refractivity contribution in [3.8, 4) is 0 Å². The zero-order valence-corrected chi connectivity index (χ0v) is 9.32. The second kappa shape index (κ2) is 3.85. The quantitative estimate of drug-likeness (QED) is 0.813. The van der Waals surface area contributed by atoms with Crippen molar-refractivity contribution in [3.05, 3.63) is 18.2 Å². The van der Waals surface area contributed by atoms with E-state index in [1.54, 1.807) is 12.4 Å². The van der Waals surface area contributed by atoms with Gasteiger partial charge in [-0.15, -0.1) is 10.2 Å². The number of aryl methyl sites for hydroxylation is 1. The van der Waals surface area contributed by atoms with E-state index in [0.29, 0.717) is 5.82 Å². The maximum absolute atomic E-state index is 5.53. The number of nitrogens with two attached hydrogens (primary N) is 1. The maximum atomic E-state index is 5.53. The van der Waals surface area contributed by atoms with Crippen LogP contribution >= 0.6 is 11.5 Å². The number of aromatic nitrogens is 4. The molecule has 1 unspecified atom stereocenters. The first kappa shape index (κ1) is 9.91. The number of hydrogen-bond donors (Lipinski definition) is 2. The highest BCUT2D eigenvalue weighted by Crippen LogP contribution is 2.22. The summed E-state index contributed by atoms with van der Waals surface area (Å²) in [5.41, 5.74) is 5.53. The SMILES string of the molecule is CC(Nc1cc(N)ns1)c1nncn1C. The Labute approximate surface area is 91.3 Å². The molecule has 0 saturated heterocycles. The highest BCUT2D eigenvalue weighted by molar-refractivity contribution is 7.10. The third-order valence-electron chi connectivity index (χ3n) is 2.02. The van der Waals surface area contributed by atoms with Gasteiger partial charge in [0.1, 0.15) is 17.1 Å².